The van der Waals surface area contributed by atoms with Crippen molar-refractivity contribution in [2.45, 2.75) is 56.5 Å². The number of aromatic hydroxyl groups is 1. The van der Waals surface area contributed by atoms with Gasteiger partial charge in [0.1, 0.15) is 18.1 Å². The Bertz CT molecular complexity index is 2360. The number of aldehydes is 1. The average Bonchev–Trinajstić information content (AvgIpc) is 3.74. The first-order valence-corrected chi connectivity index (χ1v) is 19.5. The fourth-order valence-electron chi connectivity index (χ4n) is 9.02. The summed E-state index contributed by atoms with van der Waals surface area (Å²) in [5, 5.41) is 31.8. The molecule has 0 bridgehead atoms. The zero-order valence-corrected chi connectivity index (χ0v) is 31.8. The van der Waals surface area contributed by atoms with E-state index >= 15 is 0 Å². The van der Waals surface area contributed by atoms with Crippen LogP contribution in [0.3, 0.4) is 0 Å². The molecule has 4 N–H and O–H groups in total. The minimum atomic E-state index is -0.772. The van der Waals surface area contributed by atoms with Gasteiger partial charge in [0.15, 0.2) is 0 Å². The molecule has 2 fully saturated rings. The molecule has 12 nitrogen and oxygen atoms in total. The number of benzene rings is 4. The SMILES string of the molecule is CNC(=O)C(CCC=O)N1C(=O)c2cccc3c(C4CCC(N5CCN(c6ccc(N7C=CC(=N)/C7=C\C(=N)c7ccccc7O)cc6)C(=O)C5)CC4)ccc1c23. The standard InChI is InChI=1S/C45H45N7O5/c1-48-44(56)39(9-5-25-53)52-38-20-19-32(33-7-4-8-35(43(33)38)45(52)57)28-11-13-29(14-12-28)49-23-24-51(42(55)27-49)31-17-15-30(16-18-31)50-22-21-36(46)40(50)26-37(47)34-6-2-3-10-41(34)54/h2-4,6-8,10,15-22,25-26,28-29,39,46-47,54H,5,9,11-14,23-24,27H2,1H3,(H,48,56)/b40-26+,46-36?,47-37?. The van der Waals surface area contributed by atoms with Gasteiger partial charge >= 0.3 is 0 Å². The molecule has 1 saturated carbocycles. The van der Waals surface area contributed by atoms with E-state index in [4.69, 9.17) is 10.8 Å². The van der Waals surface area contributed by atoms with E-state index in [-0.39, 0.29) is 47.7 Å². The number of hydrogen-bond donors (Lipinski definition) is 4. The number of carbonyl (C=O) groups is 4. The highest BCUT2D eigenvalue weighted by molar-refractivity contribution is 6.27. The van der Waals surface area contributed by atoms with Crippen LogP contribution in [0.5, 0.6) is 5.75 Å². The number of piperazine rings is 1. The Hall–Kier alpha value is -6.40. The van der Waals surface area contributed by atoms with Crippen molar-refractivity contribution in [3.8, 4) is 5.75 Å². The van der Waals surface area contributed by atoms with Gasteiger partial charge in [0, 0.05) is 66.7 Å². The van der Waals surface area contributed by atoms with Crippen LogP contribution in [0.25, 0.3) is 10.8 Å². The fraction of sp³-hybridized carbons (Fsp3) is 0.289. The number of nitrogens with zero attached hydrogens (tertiary/aromatic N) is 4. The van der Waals surface area contributed by atoms with Crippen molar-refractivity contribution in [3.63, 3.8) is 0 Å². The van der Waals surface area contributed by atoms with Gasteiger partial charge < -0.3 is 30.4 Å². The minimum absolute atomic E-state index is 0.00917. The number of rotatable bonds is 11. The summed E-state index contributed by atoms with van der Waals surface area (Å²) in [5.74, 6) is -0.144. The Morgan fingerprint density at radius 2 is 1.70 bits per heavy atom. The number of phenols is 1. The summed E-state index contributed by atoms with van der Waals surface area (Å²) in [4.78, 5) is 59.0. The molecular weight excluding hydrogens is 719 g/mol. The number of likely N-dealkylation sites (N-methyl/N-ethyl adjacent to an activating group) is 1. The normalized spacial score (nSPS) is 20.8. The van der Waals surface area contributed by atoms with Crippen molar-refractivity contribution in [2.75, 3.05) is 41.4 Å². The molecule has 3 aliphatic heterocycles. The third-order valence-electron chi connectivity index (χ3n) is 11.9. The van der Waals surface area contributed by atoms with Gasteiger partial charge in [-0.05, 0) is 110 Å². The highest BCUT2D eigenvalue weighted by Gasteiger charge is 2.39. The third kappa shape index (κ3) is 6.90. The number of para-hydroxylation sites is 1. The number of anilines is 3. The van der Waals surface area contributed by atoms with E-state index < -0.39 is 6.04 Å². The number of allylic oxidation sites excluding steroid dienone is 2. The largest absolute Gasteiger partial charge is 0.507 e. The molecule has 0 radical (unpaired) electrons. The van der Waals surface area contributed by atoms with E-state index in [1.165, 1.54) is 11.6 Å². The van der Waals surface area contributed by atoms with E-state index in [9.17, 15) is 24.3 Å². The number of hydrogen-bond acceptors (Lipinski definition) is 9. The van der Waals surface area contributed by atoms with Gasteiger partial charge in [0.05, 0.1) is 29.4 Å². The van der Waals surface area contributed by atoms with Crippen LogP contribution in [0.2, 0.25) is 0 Å². The smallest absolute Gasteiger partial charge is 0.259 e. The van der Waals surface area contributed by atoms with E-state index in [1.807, 2.05) is 52.3 Å². The summed E-state index contributed by atoms with van der Waals surface area (Å²) in [6.07, 6.45) is 10.1. The summed E-state index contributed by atoms with van der Waals surface area (Å²) in [5.41, 5.74) is 5.37. The van der Waals surface area contributed by atoms with Gasteiger partial charge in [-0.1, -0.05) is 30.3 Å². The summed E-state index contributed by atoms with van der Waals surface area (Å²) in [7, 11) is 1.54. The monoisotopic (exact) mass is 763 g/mol. The van der Waals surface area contributed by atoms with Gasteiger partial charge in [-0.3, -0.25) is 29.6 Å². The highest BCUT2D eigenvalue weighted by atomic mass is 16.3. The van der Waals surface area contributed by atoms with E-state index in [1.54, 1.807) is 48.5 Å². The molecule has 3 amide bonds. The van der Waals surface area contributed by atoms with Crippen LogP contribution in [0.15, 0.2) is 103 Å². The first-order valence-electron chi connectivity index (χ1n) is 19.5. The van der Waals surface area contributed by atoms with E-state index in [0.29, 0.717) is 47.6 Å². The highest BCUT2D eigenvalue weighted by Crippen LogP contribution is 2.45. The number of amides is 3. The molecule has 4 aromatic rings. The van der Waals surface area contributed by atoms with Gasteiger partial charge in [-0.25, -0.2) is 0 Å². The summed E-state index contributed by atoms with van der Waals surface area (Å²) in [6.45, 7) is 1.70. The van der Waals surface area contributed by atoms with Crippen molar-refractivity contribution < 1.29 is 24.3 Å². The first-order chi connectivity index (χ1) is 27.7. The molecular formula is C45H45N7O5. The van der Waals surface area contributed by atoms with Crippen molar-refractivity contribution in [1.82, 2.24) is 10.2 Å². The van der Waals surface area contributed by atoms with Crippen LogP contribution >= 0.6 is 0 Å². The molecule has 1 unspecified atom stereocenters. The second kappa shape index (κ2) is 15.6. The Labute approximate surface area is 331 Å². The predicted molar refractivity (Wildman–Crippen MR) is 222 cm³/mol. The Balaban J connectivity index is 0.907. The van der Waals surface area contributed by atoms with E-state index in [0.717, 1.165) is 60.7 Å². The zero-order valence-electron chi connectivity index (χ0n) is 31.8. The molecule has 0 spiro atoms. The van der Waals surface area contributed by atoms with Crippen LogP contribution in [0.1, 0.15) is 65.9 Å². The third-order valence-corrected chi connectivity index (χ3v) is 11.9. The Morgan fingerprint density at radius 3 is 2.42 bits per heavy atom. The molecule has 12 heteroatoms. The first kappa shape index (κ1) is 37.5. The lowest BCUT2D eigenvalue weighted by Crippen LogP contribution is -2.54. The number of carbonyl (C=O) groups excluding carboxylic acids is 4. The van der Waals surface area contributed by atoms with Crippen LogP contribution in [-0.4, -0.2) is 84.2 Å². The number of nitrogens with one attached hydrogen (secondary N) is 3. The molecule has 1 saturated heterocycles. The molecule has 1 atom stereocenters. The summed E-state index contributed by atoms with van der Waals surface area (Å²) >= 11 is 0. The second-order valence-corrected chi connectivity index (χ2v) is 15.0. The lowest BCUT2D eigenvalue weighted by atomic mass is 9.79. The lowest BCUT2D eigenvalue weighted by molar-refractivity contribution is -0.123. The summed E-state index contributed by atoms with van der Waals surface area (Å²) in [6, 6.07) is 23.7. The Kier molecular flexibility index (Phi) is 10.3. The van der Waals surface area contributed by atoms with E-state index in [2.05, 4.69) is 22.3 Å². The zero-order chi connectivity index (χ0) is 39.8. The maximum atomic E-state index is 13.7. The maximum Gasteiger partial charge on any atom is 0.259 e. The predicted octanol–water partition coefficient (Wildman–Crippen LogP) is 6.28. The van der Waals surface area contributed by atoms with Gasteiger partial charge in [-0.2, -0.15) is 0 Å². The molecule has 57 heavy (non-hydrogen) atoms. The van der Waals surface area contributed by atoms with Crippen LogP contribution in [0.4, 0.5) is 17.1 Å². The minimum Gasteiger partial charge on any atom is -0.507 e. The Morgan fingerprint density at radius 1 is 0.947 bits per heavy atom. The molecule has 4 aromatic carbocycles. The van der Waals surface area contributed by atoms with Crippen molar-refractivity contribution >= 4 is 63.3 Å². The van der Waals surface area contributed by atoms with Crippen molar-refractivity contribution in [2.24, 2.45) is 0 Å². The molecule has 4 aliphatic rings. The maximum absolute atomic E-state index is 13.7. The number of phenolic OH excluding ortho intramolecular Hbond substituents is 1. The van der Waals surface area contributed by atoms with Gasteiger partial charge in [0.25, 0.3) is 5.91 Å². The summed E-state index contributed by atoms with van der Waals surface area (Å²) < 4.78 is 0. The molecule has 8 rings (SSSR count). The van der Waals surface area contributed by atoms with Crippen molar-refractivity contribution in [3.05, 3.63) is 120 Å². The second-order valence-electron chi connectivity index (χ2n) is 15.0. The fourth-order valence-corrected chi connectivity index (χ4v) is 9.02. The van der Waals surface area contributed by atoms with Crippen molar-refractivity contribution in [1.29, 1.82) is 10.8 Å². The lowest BCUT2D eigenvalue weighted by Gasteiger charge is -2.41. The molecule has 0 aromatic heterocycles. The molecule has 3 heterocycles. The van der Waals surface area contributed by atoms with Gasteiger partial charge in [0.2, 0.25) is 11.8 Å². The van der Waals surface area contributed by atoms with Crippen LogP contribution < -0.4 is 20.0 Å². The van der Waals surface area contributed by atoms with Crippen LogP contribution in [0, 0.1) is 10.8 Å². The van der Waals surface area contributed by atoms with Crippen LogP contribution in [-0.2, 0) is 14.4 Å². The molecule has 1 aliphatic carbocycles. The topological polar surface area (TPSA) is 161 Å². The van der Waals surface area contributed by atoms with Gasteiger partial charge in [-0.15, -0.1) is 0 Å². The quantitative estimate of drug-likeness (QED) is 0.103. The molecule has 290 valence electrons. The average molecular weight is 764 g/mol.